The van der Waals surface area contributed by atoms with Crippen molar-refractivity contribution in [3.63, 3.8) is 0 Å². The van der Waals surface area contributed by atoms with Crippen molar-refractivity contribution in [3.05, 3.63) is 40.0 Å². The molecule has 1 atom stereocenters. The summed E-state index contributed by atoms with van der Waals surface area (Å²) < 4.78 is 8.06. The molecule has 2 aromatic rings. The van der Waals surface area contributed by atoms with E-state index >= 15 is 0 Å². The summed E-state index contributed by atoms with van der Waals surface area (Å²) in [5, 5.41) is 7.86. The van der Waals surface area contributed by atoms with E-state index < -0.39 is 0 Å². The number of nitrogens with zero attached hydrogens (tertiary/aromatic N) is 2. The molecule has 0 bridgehead atoms. The van der Waals surface area contributed by atoms with Crippen LogP contribution in [0.15, 0.2) is 27.5 Å². The number of aryl methyl sites for hydroxylation is 2. The van der Waals surface area contributed by atoms with Gasteiger partial charge in [-0.3, -0.25) is 4.68 Å². The summed E-state index contributed by atoms with van der Waals surface area (Å²) in [6.45, 7) is 5.04. The lowest BCUT2D eigenvalue weighted by atomic mass is 10.0. The lowest BCUT2D eigenvalue weighted by Gasteiger charge is -2.17. The van der Waals surface area contributed by atoms with Crippen molar-refractivity contribution in [2.45, 2.75) is 26.3 Å². The zero-order chi connectivity index (χ0) is 13.1. The molecule has 0 fully saturated rings. The summed E-state index contributed by atoms with van der Waals surface area (Å²) in [7, 11) is 1.98. The third kappa shape index (κ3) is 2.84. The predicted octanol–water partition coefficient (Wildman–Crippen LogP) is 2.98. The second kappa shape index (κ2) is 5.71. The van der Waals surface area contributed by atoms with Gasteiger partial charge in [-0.25, -0.2) is 0 Å². The Balaban J connectivity index is 2.22. The smallest absolute Gasteiger partial charge is 0.173 e. The highest BCUT2D eigenvalue weighted by molar-refractivity contribution is 9.10. The number of furan rings is 1. The molecule has 1 unspecified atom stereocenters. The Bertz CT molecular complexity index is 518. The fraction of sp³-hybridized carbons (Fsp3) is 0.462. The molecular weight excluding hydrogens is 294 g/mol. The normalized spacial score (nSPS) is 12.9. The number of hydrogen-bond acceptors (Lipinski definition) is 3. The molecule has 0 aliphatic rings. The molecule has 0 radical (unpaired) electrons. The second-order valence-corrected chi connectivity index (χ2v) is 5.08. The second-order valence-electron chi connectivity index (χ2n) is 4.36. The van der Waals surface area contributed by atoms with Crippen molar-refractivity contribution in [2.24, 2.45) is 7.05 Å². The van der Waals surface area contributed by atoms with Crippen molar-refractivity contribution >= 4 is 15.9 Å². The summed E-state index contributed by atoms with van der Waals surface area (Å²) in [6, 6.07) is 4.36. The standard InChI is InChI=1S/C13H18BrN3O/c1-4-15-12(11-5-6-18-13(11)14)8-10-7-9(2)16-17(10)3/h5-7,12,15H,4,8H2,1-3H3. The number of aromatic nitrogens is 2. The molecular formula is C13H18BrN3O. The van der Waals surface area contributed by atoms with Gasteiger partial charge in [-0.05, 0) is 41.5 Å². The highest BCUT2D eigenvalue weighted by Crippen LogP contribution is 2.27. The van der Waals surface area contributed by atoms with Crippen molar-refractivity contribution in [2.75, 3.05) is 6.54 Å². The molecule has 2 heterocycles. The first-order valence-corrected chi connectivity index (χ1v) is 6.87. The van der Waals surface area contributed by atoms with Crippen LogP contribution in [-0.4, -0.2) is 16.3 Å². The average molecular weight is 312 g/mol. The number of hydrogen-bond donors (Lipinski definition) is 1. The first-order valence-electron chi connectivity index (χ1n) is 6.07. The van der Waals surface area contributed by atoms with E-state index in [4.69, 9.17) is 4.42 Å². The topological polar surface area (TPSA) is 43.0 Å². The minimum absolute atomic E-state index is 0.234. The third-order valence-corrected chi connectivity index (χ3v) is 3.63. The van der Waals surface area contributed by atoms with Gasteiger partial charge < -0.3 is 9.73 Å². The molecule has 18 heavy (non-hydrogen) atoms. The summed E-state index contributed by atoms with van der Waals surface area (Å²) >= 11 is 3.44. The third-order valence-electron chi connectivity index (χ3n) is 2.98. The van der Waals surface area contributed by atoms with Crippen LogP contribution in [0.2, 0.25) is 0 Å². The van der Waals surface area contributed by atoms with Gasteiger partial charge in [-0.1, -0.05) is 6.92 Å². The quantitative estimate of drug-likeness (QED) is 0.923. The number of halogens is 1. The molecule has 0 aromatic carbocycles. The first kappa shape index (κ1) is 13.4. The minimum Gasteiger partial charge on any atom is -0.457 e. The Morgan fingerprint density at radius 3 is 2.83 bits per heavy atom. The van der Waals surface area contributed by atoms with Crippen molar-refractivity contribution in [3.8, 4) is 0 Å². The van der Waals surface area contributed by atoms with E-state index in [9.17, 15) is 0 Å². The van der Waals surface area contributed by atoms with Gasteiger partial charge >= 0.3 is 0 Å². The van der Waals surface area contributed by atoms with Gasteiger partial charge in [0.05, 0.1) is 12.0 Å². The zero-order valence-electron chi connectivity index (χ0n) is 10.9. The maximum Gasteiger partial charge on any atom is 0.173 e. The Morgan fingerprint density at radius 1 is 1.56 bits per heavy atom. The highest BCUT2D eigenvalue weighted by Gasteiger charge is 2.18. The largest absolute Gasteiger partial charge is 0.457 e. The van der Waals surface area contributed by atoms with Crippen molar-refractivity contribution in [1.82, 2.24) is 15.1 Å². The summed E-state index contributed by atoms with van der Waals surface area (Å²) in [4.78, 5) is 0. The van der Waals surface area contributed by atoms with Crippen LogP contribution in [-0.2, 0) is 13.5 Å². The van der Waals surface area contributed by atoms with E-state index in [0.717, 1.165) is 28.9 Å². The fourth-order valence-corrected chi connectivity index (χ4v) is 2.67. The van der Waals surface area contributed by atoms with Crippen LogP contribution in [0.25, 0.3) is 0 Å². The van der Waals surface area contributed by atoms with E-state index in [1.165, 1.54) is 5.69 Å². The Hall–Kier alpha value is -1.07. The maximum absolute atomic E-state index is 5.32. The van der Waals surface area contributed by atoms with Crippen LogP contribution in [0.4, 0.5) is 0 Å². The minimum atomic E-state index is 0.234. The molecule has 0 aliphatic heterocycles. The SMILES string of the molecule is CCNC(Cc1cc(C)nn1C)c1ccoc1Br. The molecule has 5 heteroatoms. The Labute approximate surface area is 115 Å². The molecule has 0 saturated carbocycles. The molecule has 98 valence electrons. The molecule has 0 spiro atoms. The summed E-state index contributed by atoms with van der Waals surface area (Å²) in [5.41, 5.74) is 3.41. The average Bonchev–Trinajstić information content (AvgIpc) is 2.85. The fourth-order valence-electron chi connectivity index (χ4n) is 2.16. The van der Waals surface area contributed by atoms with Crippen LogP contribution in [0.3, 0.4) is 0 Å². The van der Waals surface area contributed by atoms with Crippen LogP contribution in [0.1, 0.15) is 29.9 Å². The first-order chi connectivity index (χ1) is 8.61. The molecule has 0 saturated heterocycles. The van der Waals surface area contributed by atoms with Gasteiger partial charge in [0.2, 0.25) is 0 Å². The van der Waals surface area contributed by atoms with E-state index in [2.05, 4.69) is 39.3 Å². The van der Waals surface area contributed by atoms with Crippen LogP contribution in [0.5, 0.6) is 0 Å². The van der Waals surface area contributed by atoms with E-state index in [1.807, 2.05) is 24.7 Å². The van der Waals surface area contributed by atoms with Crippen molar-refractivity contribution in [1.29, 1.82) is 0 Å². The van der Waals surface area contributed by atoms with Gasteiger partial charge in [0.25, 0.3) is 0 Å². The van der Waals surface area contributed by atoms with Gasteiger partial charge in [0.1, 0.15) is 0 Å². The van der Waals surface area contributed by atoms with Gasteiger partial charge in [-0.15, -0.1) is 0 Å². The summed E-state index contributed by atoms with van der Waals surface area (Å²) in [6.07, 6.45) is 2.60. The van der Waals surface area contributed by atoms with Crippen molar-refractivity contribution < 1.29 is 4.42 Å². The Morgan fingerprint density at radius 2 is 2.33 bits per heavy atom. The summed E-state index contributed by atoms with van der Waals surface area (Å²) in [5.74, 6) is 0. The van der Waals surface area contributed by atoms with Gasteiger partial charge in [0, 0.05) is 30.8 Å². The molecule has 2 aromatic heterocycles. The highest BCUT2D eigenvalue weighted by atomic mass is 79.9. The number of likely N-dealkylation sites (N-methyl/N-ethyl adjacent to an activating group) is 1. The molecule has 0 aliphatic carbocycles. The Kier molecular flexibility index (Phi) is 4.24. The van der Waals surface area contributed by atoms with Gasteiger partial charge in [0.15, 0.2) is 4.67 Å². The van der Waals surface area contributed by atoms with Crippen LogP contribution in [0, 0.1) is 6.92 Å². The van der Waals surface area contributed by atoms with Crippen LogP contribution >= 0.6 is 15.9 Å². The molecule has 4 nitrogen and oxygen atoms in total. The number of rotatable bonds is 5. The molecule has 2 rings (SSSR count). The predicted molar refractivity (Wildman–Crippen MR) is 74.5 cm³/mol. The molecule has 1 N–H and O–H groups in total. The van der Waals surface area contributed by atoms with E-state index in [1.54, 1.807) is 6.26 Å². The lowest BCUT2D eigenvalue weighted by Crippen LogP contribution is -2.23. The number of nitrogens with one attached hydrogen (secondary N) is 1. The zero-order valence-corrected chi connectivity index (χ0v) is 12.5. The van der Waals surface area contributed by atoms with Gasteiger partial charge in [-0.2, -0.15) is 5.10 Å². The maximum atomic E-state index is 5.32. The lowest BCUT2D eigenvalue weighted by molar-refractivity contribution is 0.498. The molecule has 0 amide bonds. The monoisotopic (exact) mass is 311 g/mol. The van der Waals surface area contributed by atoms with Crippen LogP contribution < -0.4 is 5.32 Å². The van der Waals surface area contributed by atoms with E-state index in [-0.39, 0.29) is 6.04 Å². The van der Waals surface area contributed by atoms with E-state index in [0.29, 0.717) is 0 Å².